The number of para-hydroxylation sites is 1. The van der Waals surface area contributed by atoms with Gasteiger partial charge in [0.2, 0.25) is 0 Å². The summed E-state index contributed by atoms with van der Waals surface area (Å²) in [6.07, 6.45) is 2.56. The second-order valence-corrected chi connectivity index (χ2v) is 6.52. The third kappa shape index (κ3) is 1.69. The molecule has 0 saturated carbocycles. The van der Waals surface area contributed by atoms with Crippen molar-refractivity contribution < 1.29 is 0 Å². The lowest BCUT2D eigenvalue weighted by Gasteiger charge is -2.32. The average Bonchev–Trinajstić information content (AvgIpc) is 3.05. The van der Waals surface area contributed by atoms with E-state index in [-0.39, 0.29) is 0 Å². The van der Waals surface area contributed by atoms with Crippen LogP contribution in [0.25, 0.3) is 10.9 Å². The first-order valence-electron chi connectivity index (χ1n) is 6.82. The van der Waals surface area contributed by atoms with Crippen molar-refractivity contribution in [2.75, 3.05) is 18.1 Å². The highest BCUT2D eigenvalue weighted by molar-refractivity contribution is 7.99. The van der Waals surface area contributed by atoms with Gasteiger partial charge in [-0.05, 0) is 23.8 Å². The SMILES string of the molecule is c1ccc2c3c([nH]c2c1)CCN(C1CCSC1)C3. The molecule has 2 aromatic rings. The van der Waals surface area contributed by atoms with Crippen molar-refractivity contribution in [1.29, 1.82) is 0 Å². The highest BCUT2D eigenvalue weighted by atomic mass is 32.2. The molecule has 0 amide bonds. The molecular formula is C15H18N2S. The van der Waals surface area contributed by atoms with E-state index in [0.717, 1.165) is 12.6 Å². The zero-order chi connectivity index (χ0) is 11.9. The molecule has 2 aliphatic rings. The predicted octanol–water partition coefficient (Wildman–Crippen LogP) is 3.03. The van der Waals surface area contributed by atoms with E-state index < -0.39 is 0 Å². The van der Waals surface area contributed by atoms with Gasteiger partial charge in [0.05, 0.1) is 0 Å². The van der Waals surface area contributed by atoms with Gasteiger partial charge in [0.15, 0.2) is 0 Å². The Bertz CT molecular complexity index is 569. The van der Waals surface area contributed by atoms with Crippen LogP contribution in [0.2, 0.25) is 0 Å². The minimum atomic E-state index is 0.816. The smallest absolute Gasteiger partial charge is 0.0459 e. The number of hydrogen-bond acceptors (Lipinski definition) is 2. The van der Waals surface area contributed by atoms with Gasteiger partial charge in [0.25, 0.3) is 0 Å². The summed E-state index contributed by atoms with van der Waals surface area (Å²) in [6, 6.07) is 9.55. The Balaban J connectivity index is 1.70. The maximum Gasteiger partial charge on any atom is 0.0459 e. The molecule has 2 nitrogen and oxygen atoms in total. The van der Waals surface area contributed by atoms with E-state index in [9.17, 15) is 0 Å². The molecule has 1 atom stereocenters. The molecule has 1 aromatic carbocycles. The summed E-state index contributed by atoms with van der Waals surface area (Å²) in [5, 5.41) is 1.43. The van der Waals surface area contributed by atoms with Crippen LogP contribution in [0, 0.1) is 0 Å². The van der Waals surface area contributed by atoms with E-state index in [1.165, 1.54) is 47.5 Å². The summed E-state index contributed by atoms with van der Waals surface area (Å²) in [5.41, 5.74) is 4.33. The van der Waals surface area contributed by atoms with Crippen LogP contribution in [0.15, 0.2) is 24.3 Å². The zero-order valence-corrected chi connectivity index (χ0v) is 11.3. The van der Waals surface area contributed by atoms with Gasteiger partial charge in [-0.1, -0.05) is 18.2 Å². The number of thioether (sulfide) groups is 1. The van der Waals surface area contributed by atoms with Crippen LogP contribution in [0.4, 0.5) is 0 Å². The Kier molecular flexibility index (Phi) is 2.63. The Morgan fingerprint density at radius 3 is 3.11 bits per heavy atom. The fourth-order valence-electron chi connectivity index (χ4n) is 3.31. The van der Waals surface area contributed by atoms with E-state index in [2.05, 4.69) is 45.9 Å². The Hall–Kier alpha value is -0.930. The monoisotopic (exact) mass is 258 g/mol. The van der Waals surface area contributed by atoms with Crippen molar-refractivity contribution in [2.45, 2.75) is 25.4 Å². The van der Waals surface area contributed by atoms with Gasteiger partial charge in [-0.2, -0.15) is 11.8 Å². The Morgan fingerprint density at radius 2 is 2.22 bits per heavy atom. The molecule has 18 heavy (non-hydrogen) atoms. The molecule has 1 saturated heterocycles. The molecular weight excluding hydrogens is 240 g/mol. The molecule has 3 heteroatoms. The molecule has 0 bridgehead atoms. The lowest BCUT2D eigenvalue weighted by atomic mass is 10.0. The van der Waals surface area contributed by atoms with Gasteiger partial charge in [0.1, 0.15) is 0 Å². The van der Waals surface area contributed by atoms with E-state index in [0.29, 0.717) is 0 Å². The van der Waals surface area contributed by atoms with Crippen molar-refractivity contribution in [3.8, 4) is 0 Å². The van der Waals surface area contributed by atoms with Gasteiger partial charge in [0, 0.05) is 47.9 Å². The molecule has 1 fully saturated rings. The van der Waals surface area contributed by atoms with Crippen LogP contribution in [0.3, 0.4) is 0 Å². The number of aromatic amines is 1. The number of fused-ring (bicyclic) bond motifs is 3. The average molecular weight is 258 g/mol. The third-order valence-corrected chi connectivity index (χ3v) is 5.48. The van der Waals surface area contributed by atoms with Crippen molar-refractivity contribution >= 4 is 22.7 Å². The topological polar surface area (TPSA) is 19.0 Å². The predicted molar refractivity (Wildman–Crippen MR) is 78.1 cm³/mol. The molecule has 4 rings (SSSR count). The molecule has 1 N–H and O–H groups in total. The minimum Gasteiger partial charge on any atom is -0.358 e. The number of H-pyrrole nitrogens is 1. The van der Waals surface area contributed by atoms with Gasteiger partial charge >= 0.3 is 0 Å². The lowest BCUT2D eigenvalue weighted by molar-refractivity contribution is 0.195. The van der Waals surface area contributed by atoms with Crippen LogP contribution in [0.5, 0.6) is 0 Å². The van der Waals surface area contributed by atoms with Crippen molar-refractivity contribution in [1.82, 2.24) is 9.88 Å². The fraction of sp³-hybridized carbons (Fsp3) is 0.467. The number of nitrogens with one attached hydrogen (secondary N) is 1. The standard InChI is InChI=1S/C15H18N2S/c1-2-4-14-12(3-1)13-9-17(7-5-15(13)16-14)11-6-8-18-10-11/h1-4,11,16H,5-10H2. The van der Waals surface area contributed by atoms with E-state index in [4.69, 9.17) is 0 Å². The first-order valence-corrected chi connectivity index (χ1v) is 7.97. The third-order valence-electron chi connectivity index (χ3n) is 4.33. The summed E-state index contributed by atoms with van der Waals surface area (Å²) in [6.45, 7) is 2.37. The normalized spacial score (nSPS) is 24.6. The van der Waals surface area contributed by atoms with Gasteiger partial charge < -0.3 is 4.98 Å². The molecule has 0 aliphatic carbocycles. The molecule has 1 aromatic heterocycles. The second-order valence-electron chi connectivity index (χ2n) is 5.37. The Labute approximate surface area is 112 Å². The molecule has 1 unspecified atom stereocenters. The maximum absolute atomic E-state index is 3.60. The Morgan fingerprint density at radius 1 is 1.28 bits per heavy atom. The summed E-state index contributed by atoms with van der Waals surface area (Å²) in [5.74, 6) is 2.68. The summed E-state index contributed by atoms with van der Waals surface area (Å²) < 4.78 is 0. The molecule has 94 valence electrons. The number of rotatable bonds is 1. The summed E-state index contributed by atoms with van der Waals surface area (Å²) in [7, 11) is 0. The molecule has 0 spiro atoms. The number of hydrogen-bond donors (Lipinski definition) is 1. The van der Waals surface area contributed by atoms with Crippen molar-refractivity contribution in [3.05, 3.63) is 35.5 Å². The molecule has 3 heterocycles. The summed E-state index contributed by atoms with van der Waals surface area (Å²) >= 11 is 2.11. The van der Waals surface area contributed by atoms with Crippen molar-refractivity contribution in [2.24, 2.45) is 0 Å². The number of aromatic nitrogens is 1. The quantitative estimate of drug-likeness (QED) is 0.848. The fourth-order valence-corrected chi connectivity index (χ4v) is 4.56. The van der Waals surface area contributed by atoms with Crippen LogP contribution in [-0.2, 0) is 13.0 Å². The van der Waals surface area contributed by atoms with Gasteiger partial charge in [-0.15, -0.1) is 0 Å². The van der Waals surface area contributed by atoms with Crippen LogP contribution in [-0.4, -0.2) is 34.0 Å². The highest BCUT2D eigenvalue weighted by Gasteiger charge is 2.27. The van der Waals surface area contributed by atoms with Gasteiger partial charge in [-0.3, -0.25) is 4.90 Å². The van der Waals surface area contributed by atoms with Crippen LogP contribution >= 0.6 is 11.8 Å². The minimum absolute atomic E-state index is 0.816. The first-order chi connectivity index (χ1) is 8.92. The lowest BCUT2D eigenvalue weighted by Crippen LogP contribution is -2.39. The summed E-state index contributed by atoms with van der Waals surface area (Å²) in [4.78, 5) is 6.29. The highest BCUT2D eigenvalue weighted by Crippen LogP contribution is 2.31. The molecule has 2 aliphatic heterocycles. The molecule has 0 radical (unpaired) electrons. The van der Waals surface area contributed by atoms with E-state index in [1.807, 2.05) is 0 Å². The maximum atomic E-state index is 3.60. The van der Waals surface area contributed by atoms with E-state index in [1.54, 1.807) is 5.56 Å². The van der Waals surface area contributed by atoms with Crippen LogP contribution in [0.1, 0.15) is 17.7 Å². The van der Waals surface area contributed by atoms with Crippen LogP contribution < -0.4 is 0 Å². The second kappa shape index (κ2) is 4.32. The van der Waals surface area contributed by atoms with Crippen molar-refractivity contribution in [3.63, 3.8) is 0 Å². The largest absolute Gasteiger partial charge is 0.358 e. The number of benzene rings is 1. The zero-order valence-electron chi connectivity index (χ0n) is 10.5. The first kappa shape index (κ1) is 10.9. The van der Waals surface area contributed by atoms with Gasteiger partial charge in [-0.25, -0.2) is 0 Å². The number of nitrogens with zero attached hydrogens (tertiary/aromatic N) is 1. The van der Waals surface area contributed by atoms with E-state index >= 15 is 0 Å².